The second kappa shape index (κ2) is 8.19. The molecule has 0 radical (unpaired) electrons. The molecule has 0 aliphatic rings. The molecular formula is C19H34O6P+. The quantitative estimate of drug-likeness (QED) is 0.454. The van der Waals surface area contributed by atoms with Crippen molar-refractivity contribution in [1.82, 2.24) is 0 Å². The van der Waals surface area contributed by atoms with Gasteiger partial charge < -0.3 is 15.3 Å². The average molecular weight is 389 g/mol. The molecular weight excluding hydrogens is 355 g/mol. The first kappa shape index (κ1) is 23.4. The largest absolute Gasteiger partial charge is 0.443 e. The van der Waals surface area contributed by atoms with Gasteiger partial charge in [0.05, 0.1) is 25.2 Å². The summed E-state index contributed by atoms with van der Waals surface area (Å²) in [6.07, 6.45) is 0. The SMILES string of the molecule is CC(C)(C)c1ccc([P+](O)(O)OCC(CO)(CO)CO)c(C(C)(C)C)c1. The van der Waals surface area contributed by atoms with Crippen molar-refractivity contribution in [3.05, 3.63) is 29.3 Å². The lowest BCUT2D eigenvalue weighted by Crippen LogP contribution is -2.39. The highest BCUT2D eigenvalue weighted by Crippen LogP contribution is 2.53. The number of benzene rings is 1. The van der Waals surface area contributed by atoms with Gasteiger partial charge in [-0.2, -0.15) is 14.3 Å². The minimum absolute atomic E-state index is 0.0920. The van der Waals surface area contributed by atoms with Crippen LogP contribution in [0.5, 0.6) is 0 Å². The molecule has 0 atom stereocenters. The van der Waals surface area contributed by atoms with Crippen molar-refractivity contribution >= 4 is 13.2 Å². The Labute approximate surface area is 157 Å². The Hall–Kier alpha value is -0.590. The molecule has 6 nitrogen and oxygen atoms in total. The summed E-state index contributed by atoms with van der Waals surface area (Å²) in [6, 6.07) is 5.50. The van der Waals surface area contributed by atoms with Gasteiger partial charge in [-0.25, -0.2) is 0 Å². The Morgan fingerprint density at radius 1 is 0.846 bits per heavy atom. The molecule has 1 rings (SSSR count). The monoisotopic (exact) mass is 389 g/mol. The van der Waals surface area contributed by atoms with Crippen LogP contribution >= 0.6 is 7.94 Å². The number of aliphatic hydroxyl groups excluding tert-OH is 3. The lowest BCUT2D eigenvalue weighted by atomic mass is 9.81. The van der Waals surface area contributed by atoms with Gasteiger partial charge in [0.15, 0.2) is 5.30 Å². The zero-order valence-corrected chi connectivity index (χ0v) is 17.5. The van der Waals surface area contributed by atoms with Crippen molar-refractivity contribution in [2.24, 2.45) is 5.41 Å². The predicted octanol–water partition coefficient (Wildman–Crippen LogP) is 1.63. The molecule has 0 saturated carbocycles. The van der Waals surface area contributed by atoms with E-state index in [2.05, 4.69) is 20.8 Å². The fourth-order valence-corrected chi connectivity index (χ4v) is 4.02. The van der Waals surface area contributed by atoms with E-state index in [0.29, 0.717) is 5.30 Å². The molecule has 0 fully saturated rings. The first-order valence-electron chi connectivity index (χ1n) is 8.70. The van der Waals surface area contributed by atoms with E-state index >= 15 is 0 Å². The summed E-state index contributed by atoms with van der Waals surface area (Å²) in [5.74, 6) is 0. The molecule has 0 saturated heterocycles. The van der Waals surface area contributed by atoms with Gasteiger partial charge >= 0.3 is 7.94 Å². The topological polar surface area (TPSA) is 110 Å². The maximum absolute atomic E-state index is 10.7. The van der Waals surface area contributed by atoms with Gasteiger partial charge in [0.2, 0.25) is 0 Å². The minimum Gasteiger partial charge on any atom is -0.396 e. The van der Waals surface area contributed by atoms with Crippen LogP contribution < -0.4 is 5.30 Å². The summed E-state index contributed by atoms with van der Waals surface area (Å²) >= 11 is 0. The van der Waals surface area contributed by atoms with Crippen LogP contribution in [0.2, 0.25) is 0 Å². The molecule has 150 valence electrons. The number of aliphatic hydroxyl groups is 3. The number of hydrogen-bond acceptors (Lipinski definition) is 6. The molecule has 1 aromatic rings. The Kier molecular flexibility index (Phi) is 7.39. The first-order chi connectivity index (χ1) is 11.7. The highest BCUT2D eigenvalue weighted by atomic mass is 31.2. The molecule has 0 unspecified atom stereocenters. The standard InChI is InChI=1S/C19H34O6P/c1-17(2,3)14-7-8-16(15(9-14)18(4,5)6)26(23,24)25-13-19(10-20,11-21)12-22/h7-9,20-24H,10-13H2,1-6H3/q+1. The highest BCUT2D eigenvalue weighted by molar-refractivity contribution is 7.67. The van der Waals surface area contributed by atoms with Crippen LogP contribution in [0.3, 0.4) is 0 Å². The van der Waals surface area contributed by atoms with E-state index in [1.165, 1.54) is 0 Å². The fourth-order valence-electron chi connectivity index (χ4n) is 2.44. The summed E-state index contributed by atoms with van der Waals surface area (Å²) in [5, 5.41) is 28.5. The maximum atomic E-state index is 10.7. The maximum Gasteiger partial charge on any atom is 0.443 e. The van der Waals surface area contributed by atoms with Gasteiger partial charge in [-0.1, -0.05) is 53.7 Å². The van der Waals surface area contributed by atoms with E-state index < -0.39 is 33.2 Å². The molecule has 0 aliphatic carbocycles. The lowest BCUT2D eigenvalue weighted by Gasteiger charge is -2.29. The molecule has 0 bridgehead atoms. The second-order valence-electron chi connectivity index (χ2n) is 9.02. The van der Waals surface area contributed by atoms with Crippen LogP contribution in [-0.2, 0) is 15.4 Å². The summed E-state index contributed by atoms with van der Waals surface area (Å²) in [5.41, 5.74) is 0.0703. The second-order valence-corrected chi connectivity index (χ2v) is 10.9. The molecule has 0 heterocycles. The van der Waals surface area contributed by atoms with Crippen LogP contribution in [-0.4, -0.2) is 51.5 Å². The van der Waals surface area contributed by atoms with Gasteiger partial charge in [0.25, 0.3) is 0 Å². The van der Waals surface area contributed by atoms with Crippen molar-refractivity contribution in [2.75, 3.05) is 26.4 Å². The van der Waals surface area contributed by atoms with Gasteiger partial charge in [-0.3, -0.25) is 0 Å². The normalized spacial score (nSPS) is 14.0. The molecule has 0 aromatic heterocycles. The Morgan fingerprint density at radius 3 is 1.73 bits per heavy atom. The Balaban J connectivity index is 3.31. The summed E-state index contributed by atoms with van der Waals surface area (Å²) in [6.45, 7) is 10.2. The van der Waals surface area contributed by atoms with Crippen LogP contribution in [0.4, 0.5) is 0 Å². The molecule has 5 N–H and O–H groups in total. The van der Waals surface area contributed by atoms with Crippen LogP contribution in [0.25, 0.3) is 0 Å². The third kappa shape index (κ3) is 5.46. The summed E-state index contributed by atoms with van der Waals surface area (Å²) in [7, 11) is -3.97. The van der Waals surface area contributed by atoms with E-state index in [4.69, 9.17) is 4.52 Å². The van der Waals surface area contributed by atoms with Gasteiger partial charge in [-0.15, -0.1) is 0 Å². The molecule has 0 aliphatic heterocycles. The lowest BCUT2D eigenvalue weighted by molar-refractivity contribution is -0.0293. The summed E-state index contributed by atoms with van der Waals surface area (Å²) < 4.78 is 5.36. The van der Waals surface area contributed by atoms with Crippen LogP contribution in [0.1, 0.15) is 52.7 Å². The third-order valence-electron chi connectivity index (χ3n) is 4.54. The van der Waals surface area contributed by atoms with Crippen molar-refractivity contribution in [3.8, 4) is 0 Å². The van der Waals surface area contributed by atoms with Crippen LogP contribution in [0, 0.1) is 5.41 Å². The molecule has 0 spiro atoms. The molecule has 26 heavy (non-hydrogen) atoms. The molecule has 7 heteroatoms. The van der Waals surface area contributed by atoms with Crippen molar-refractivity contribution in [3.63, 3.8) is 0 Å². The van der Waals surface area contributed by atoms with Gasteiger partial charge in [0.1, 0.15) is 6.61 Å². The van der Waals surface area contributed by atoms with Crippen LogP contribution in [0.15, 0.2) is 18.2 Å². The molecule has 0 amide bonds. The van der Waals surface area contributed by atoms with Gasteiger partial charge in [-0.05, 0) is 22.5 Å². The van der Waals surface area contributed by atoms with E-state index in [-0.39, 0.29) is 17.4 Å². The summed E-state index contributed by atoms with van der Waals surface area (Å²) in [4.78, 5) is 21.3. The highest BCUT2D eigenvalue weighted by Gasteiger charge is 2.46. The van der Waals surface area contributed by atoms with E-state index in [9.17, 15) is 25.1 Å². The fraction of sp³-hybridized carbons (Fsp3) is 0.684. The molecule has 1 aromatic carbocycles. The average Bonchev–Trinajstić information content (AvgIpc) is 2.54. The van der Waals surface area contributed by atoms with E-state index in [0.717, 1.165) is 11.1 Å². The van der Waals surface area contributed by atoms with Crippen molar-refractivity contribution in [2.45, 2.75) is 52.4 Å². The zero-order chi connectivity index (χ0) is 20.4. The third-order valence-corrected chi connectivity index (χ3v) is 6.05. The van der Waals surface area contributed by atoms with Gasteiger partial charge in [0, 0.05) is 5.56 Å². The van der Waals surface area contributed by atoms with E-state index in [1.54, 1.807) is 6.07 Å². The Morgan fingerprint density at radius 2 is 1.35 bits per heavy atom. The Bertz CT molecular complexity index is 589. The zero-order valence-electron chi connectivity index (χ0n) is 16.7. The number of rotatable bonds is 7. The first-order valence-corrected chi connectivity index (χ1v) is 10.3. The van der Waals surface area contributed by atoms with Crippen molar-refractivity contribution < 1.29 is 29.6 Å². The predicted molar refractivity (Wildman–Crippen MR) is 104 cm³/mol. The van der Waals surface area contributed by atoms with Crippen molar-refractivity contribution in [1.29, 1.82) is 0 Å². The number of hydrogen-bond donors (Lipinski definition) is 5. The minimum atomic E-state index is -3.97. The smallest absolute Gasteiger partial charge is 0.396 e. The van der Waals surface area contributed by atoms with E-state index in [1.807, 2.05) is 32.9 Å².